The van der Waals surface area contributed by atoms with Gasteiger partial charge >= 0.3 is 11.9 Å². The molecule has 0 saturated heterocycles. The number of nitrogens with zero attached hydrogens (tertiary/aromatic N) is 1. The molecule has 0 spiro atoms. The number of thiophene rings is 1. The van der Waals surface area contributed by atoms with Crippen molar-refractivity contribution in [1.29, 1.82) is 0 Å². The molecule has 0 radical (unpaired) electrons. The number of aryl methyl sites for hydroxylation is 1. The first kappa shape index (κ1) is 17.3. The molecule has 0 aromatic carbocycles. The van der Waals surface area contributed by atoms with Gasteiger partial charge in [-0.25, -0.2) is 9.59 Å². The average Bonchev–Trinajstić information content (AvgIpc) is 2.97. The van der Waals surface area contributed by atoms with Gasteiger partial charge in [-0.2, -0.15) is 0 Å². The molecular weight excluding hydrogens is 314 g/mol. The van der Waals surface area contributed by atoms with Crippen LogP contribution in [0.1, 0.15) is 29.5 Å². The minimum atomic E-state index is -0.468. The van der Waals surface area contributed by atoms with Gasteiger partial charge in [0.2, 0.25) is 0 Å². The molecule has 0 unspecified atom stereocenters. The highest BCUT2D eigenvalue weighted by Crippen LogP contribution is 2.44. The Bertz CT molecular complexity index is 674. The molecule has 0 bridgehead atoms. The van der Waals surface area contributed by atoms with E-state index in [-0.39, 0.29) is 0 Å². The normalized spacial score (nSPS) is 16.0. The SMILES string of the molecule is COC(=O)C1=C(C)N(C)C(C)=C(C(=O)OC)C1c1ccc(C)s1. The molecule has 1 aliphatic rings. The predicted octanol–water partition coefficient (Wildman–Crippen LogP) is 2.98. The van der Waals surface area contributed by atoms with Crippen molar-refractivity contribution in [3.05, 3.63) is 44.4 Å². The number of ether oxygens (including phenoxy) is 2. The van der Waals surface area contributed by atoms with Crippen LogP contribution in [-0.4, -0.2) is 38.1 Å². The maximum Gasteiger partial charge on any atom is 0.336 e. The summed E-state index contributed by atoms with van der Waals surface area (Å²) >= 11 is 1.56. The Hall–Kier alpha value is -2.08. The largest absolute Gasteiger partial charge is 0.466 e. The zero-order valence-electron chi connectivity index (χ0n) is 14.2. The summed E-state index contributed by atoms with van der Waals surface area (Å²) in [6.07, 6.45) is 0. The Balaban J connectivity index is 2.73. The number of hydrogen-bond donors (Lipinski definition) is 0. The smallest absolute Gasteiger partial charge is 0.336 e. The zero-order valence-corrected chi connectivity index (χ0v) is 15.0. The summed E-state index contributed by atoms with van der Waals surface area (Å²) < 4.78 is 9.94. The van der Waals surface area contributed by atoms with Crippen LogP contribution >= 0.6 is 11.3 Å². The highest BCUT2D eigenvalue weighted by molar-refractivity contribution is 7.12. The van der Waals surface area contributed by atoms with Crippen LogP contribution in [0.4, 0.5) is 0 Å². The molecule has 0 atom stereocenters. The lowest BCUT2D eigenvalue weighted by Crippen LogP contribution is -2.32. The van der Waals surface area contributed by atoms with Crippen LogP contribution in [0.2, 0.25) is 0 Å². The van der Waals surface area contributed by atoms with Gasteiger partial charge in [-0.3, -0.25) is 0 Å². The first-order valence-electron chi connectivity index (χ1n) is 7.21. The van der Waals surface area contributed by atoms with Gasteiger partial charge < -0.3 is 14.4 Å². The first-order chi connectivity index (χ1) is 10.8. The van der Waals surface area contributed by atoms with Crippen molar-refractivity contribution in [2.75, 3.05) is 21.3 Å². The molecule has 0 aliphatic carbocycles. The number of esters is 2. The number of allylic oxidation sites excluding steroid dienone is 2. The van der Waals surface area contributed by atoms with Crippen molar-refractivity contribution in [3.63, 3.8) is 0 Å². The van der Waals surface area contributed by atoms with Crippen LogP contribution in [0.25, 0.3) is 0 Å². The van der Waals surface area contributed by atoms with E-state index in [2.05, 4.69) is 0 Å². The van der Waals surface area contributed by atoms with E-state index in [1.54, 1.807) is 11.3 Å². The van der Waals surface area contributed by atoms with Gasteiger partial charge in [-0.15, -0.1) is 11.3 Å². The molecule has 0 saturated carbocycles. The van der Waals surface area contributed by atoms with Crippen LogP contribution in [0.3, 0.4) is 0 Å². The second-order valence-corrected chi connectivity index (χ2v) is 6.74. The third-order valence-electron chi connectivity index (χ3n) is 4.22. The number of carbonyl (C=O) groups is 2. The highest BCUT2D eigenvalue weighted by Gasteiger charge is 2.39. The second-order valence-electron chi connectivity index (χ2n) is 5.42. The van der Waals surface area contributed by atoms with Crippen LogP contribution in [-0.2, 0) is 19.1 Å². The van der Waals surface area contributed by atoms with Crippen molar-refractivity contribution in [3.8, 4) is 0 Å². The minimum absolute atomic E-state index is 0.431. The van der Waals surface area contributed by atoms with E-state index in [1.807, 2.05) is 44.9 Å². The Kier molecular flexibility index (Phi) is 4.94. The zero-order chi connectivity index (χ0) is 17.3. The molecule has 1 aliphatic heterocycles. The van der Waals surface area contributed by atoms with Gasteiger partial charge in [0.15, 0.2) is 0 Å². The van der Waals surface area contributed by atoms with E-state index < -0.39 is 17.9 Å². The molecule has 23 heavy (non-hydrogen) atoms. The minimum Gasteiger partial charge on any atom is -0.466 e. The number of methoxy groups -OCH3 is 2. The molecule has 0 amide bonds. The monoisotopic (exact) mass is 335 g/mol. The summed E-state index contributed by atoms with van der Waals surface area (Å²) in [5, 5.41) is 0. The standard InChI is InChI=1S/C17H21NO4S/c1-9-7-8-12(23-9)15-13(16(19)21-5)10(2)18(4)11(3)14(15)17(20)22-6/h7-8,15H,1-6H3. The molecule has 0 fully saturated rings. The Morgan fingerprint density at radius 3 is 1.83 bits per heavy atom. The van der Waals surface area contributed by atoms with Gasteiger partial charge in [0.25, 0.3) is 0 Å². The Labute approximate surface area is 140 Å². The summed E-state index contributed by atoms with van der Waals surface area (Å²) in [6, 6.07) is 3.93. The molecule has 1 aromatic rings. The quantitative estimate of drug-likeness (QED) is 0.795. The predicted molar refractivity (Wildman–Crippen MR) is 89.0 cm³/mol. The lowest BCUT2D eigenvalue weighted by molar-refractivity contribution is -0.137. The van der Waals surface area contributed by atoms with Crippen LogP contribution in [0.15, 0.2) is 34.7 Å². The lowest BCUT2D eigenvalue weighted by atomic mass is 9.83. The van der Waals surface area contributed by atoms with E-state index in [0.717, 1.165) is 21.1 Å². The first-order valence-corrected chi connectivity index (χ1v) is 8.03. The second kappa shape index (κ2) is 6.58. The Morgan fingerprint density at radius 1 is 1.00 bits per heavy atom. The summed E-state index contributed by atoms with van der Waals surface area (Å²) in [5.74, 6) is -1.33. The molecule has 2 rings (SSSR count). The summed E-state index contributed by atoms with van der Waals surface area (Å²) in [4.78, 5) is 28.7. The van der Waals surface area contributed by atoms with Gasteiger partial charge in [0.05, 0.1) is 31.3 Å². The van der Waals surface area contributed by atoms with Crippen LogP contribution in [0.5, 0.6) is 0 Å². The van der Waals surface area contributed by atoms with Crippen LogP contribution < -0.4 is 0 Å². The van der Waals surface area contributed by atoms with Crippen molar-refractivity contribution in [2.24, 2.45) is 0 Å². The van der Waals surface area contributed by atoms with E-state index in [1.165, 1.54) is 14.2 Å². The summed E-state index contributed by atoms with van der Waals surface area (Å²) in [7, 11) is 4.52. The number of carbonyl (C=O) groups excluding carboxylic acids is 2. The average molecular weight is 335 g/mol. The highest BCUT2D eigenvalue weighted by atomic mass is 32.1. The van der Waals surface area contributed by atoms with Crippen LogP contribution in [0, 0.1) is 6.92 Å². The van der Waals surface area contributed by atoms with E-state index >= 15 is 0 Å². The maximum absolute atomic E-state index is 12.4. The number of hydrogen-bond acceptors (Lipinski definition) is 6. The molecule has 124 valence electrons. The third kappa shape index (κ3) is 2.91. The van der Waals surface area contributed by atoms with E-state index in [9.17, 15) is 9.59 Å². The van der Waals surface area contributed by atoms with Crippen molar-refractivity contribution < 1.29 is 19.1 Å². The molecular formula is C17H21NO4S. The van der Waals surface area contributed by atoms with Crippen molar-refractivity contribution in [2.45, 2.75) is 26.7 Å². The van der Waals surface area contributed by atoms with Gasteiger partial charge in [0, 0.05) is 28.2 Å². The molecule has 6 heteroatoms. The fraction of sp³-hybridized carbons (Fsp3) is 0.412. The Morgan fingerprint density at radius 2 is 1.48 bits per heavy atom. The molecule has 0 N–H and O–H groups in total. The number of rotatable bonds is 3. The lowest BCUT2D eigenvalue weighted by Gasteiger charge is -2.34. The molecule has 1 aromatic heterocycles. The van der Waals surface area contributed by atoms with E-state index in [4.69, 9.17) is 9.47 Å². The third-order valence-corrected chi connectivity index (χ3v) is 5.28. The molecule has 5 nitrogen and oxygen atoms in total. The van der Waals surface area contributed by atoms with Crippen molar-refractivity contribution >= 4 is 23.3 Å². The summed E-state index contributed by atoms with van der Waals surface area (Å²) in [5.41, 5.74) is 2.50. The maximum atomic E-state index is 12.4. The van der Waals surface area contributed by atoms with Gasteiger partial charge in [-0.1, -0.05) is 0 Å². The summed E-state index contributed by atoms with van der Waals surface area (Å²) in [6.45, 7) is 5.71. The van der Waals surface area contributed by atoms with Gasteiger partial charge in [0.1, 0.15) is 0 Å². The topological polar surface area (TPSA) is 55.8 Å². The van der Waals surface area contributed by atoms with Crippen molar-refractivity contribution in [1.82, 2.24) is 4.90 Å². The van der Waals surface area contributed by atoms with E-state index in [0.29, 0.717) is 11.1 Å². The molecule has 2 heterocycles. The van der Waals surface area contributed by atoms with Gasteiger partial charge in [-0.05, 0) is 32.9 Å². The fourth-order valence-electron chi connectivity index (χ4n) is 2.82. The fourth-order valence-corrected chi connectivity index (χ4v) is 3.82.